The van der Waals surface area contributed by atoms with Gasteiger partial charge in [-0.15, -0.1) is 0 Å². The molecule has 2 rings (SSSR count). The molecule has 15 heavy (non-hydrogen) atoms. The van der Waals surface area contributed by atoms with E-state index in [9.17, 15) is 0 Å². The minimum Gasteiger partial charge on any atom is -0.378 e. The van der Waals surface area contributed by atoms with Gasteiger partial charge in [0.15, 0.2) is 0 Å². The highest BCUT2D eigenvalue weighted by atomic mass is 79.9. The smallest absolute Gasteiger partial charge is 0.0588 e. The van der Waals surface area contributed by atoms with Crippen molar-refractivity contribution >= 4 is 15.9 Å². The Morgan fingerprint density at radius 3 is 2.93 bits per heavy atom. The lowest BCUT2D eigenvalue weighted by Gasteiger charge is -2.26. The van der Waals surface area contributed by atoms with E-state index in [0.717, 1.165) is 23.9 Å². The van der Waals surface area contributed by atoms with Gasteiger partial charge in [-0.3, -0.25) is 4.90 Å². The van der Waals surface area contributed by atoms with Crippen molar-refractivity contribution in [3.8, 4) is 0 Å². The molecule has 2 fully saturated rings. The van der Waals surface area contributed by atoms with E-state index in [4.69, 9.17) is 4.74 Å². The lowest BCUT2D eigenvalue weighted by molar-refractivity contribution is 0.0903. The Bertz CT molecular complexity index is 194. The molecule has 2 aliphatic heterocycles. The molecule has 0 N–H and O–H groups in total. The van der Waals surface area contributed by atoms with Crippen LogP contribution >= 0.6 is 15.9 Å². The van der Waals surface area contributed by atoms with Crippen LogP contribution in [-0.2, 0) is 4.74 Å². The van der Waals surface area contributed by atoms with Gasteiger partial charge in [0.1, 0.15) is 0 Å². The zero-order valence-corrected chi connectivity index (χ0v) is 11.2. The van der Waals surface area contributed by atoms with Gasteiger partial charge in [0.25, 0.3) is 0 Å². The van der Waals surface area contributed by atoms with Crippen LogP contribution in [0.15, 0.2) is 0 Å². The summed E-state index contributed by atoms with van der Waals surface area (Å²) in [6, 6.07) is 0.756. The molecule has 0 aromatic carbocycles. The quantitative estimate of drug-likeness (QED) is 0.732. The zero-order valence-electron chi connectivity index (χ0n) is 9.62. The molecule has 3 atom stereocenters. The lowest BCUT2D eigenvalue weighted by Crippen LogP contribution is -2.35. The molecular formula is C12H22BrNO. The van der Waals surface area contributed by atoms with Crippen molar-refractivity contribution < 1.29 is 4.74 Å². The Kier molecular flexibility index (Phi) is 4.47. The Labute approximate surface area is 101 Å². The van der Waals surface area contributed by atoms with Crippen molar-refractivity contribution in [1.82, 2.24) is 4.90 Å². The van der Waals surface area contributed by atoms with Gasteiger partial charge in [0.05, 0.1) is 6.10 Å². The molecule has 0 amide bonds. The predicted octanol–water partition coefficient (Wildman–Crippen LogP) is 2.66. The summed E-state index contributed by atoms with van der Waals surface area (Å²) in [5.41, 5.74) is 0. The zero-order chi connectivity index (χ0) is 10.7. The van der Waals surface area contributed by atoms with Gasteiger partial charge in [-0.25, -0.2) is 0 Å². The monoisotopic (exact) mass is 275 g/mol. The van der Waals surface area contributed by atoms with Crippen LogP contribution in [0.4, 0.5) is 0 Å². The number of alkyl halides is 1. The van der Waals surface area contributed by atoms with Crippen molar-refractivity contribution in [2.75, 3.05) is 25.0 Å². The van der Waals surface area contributed by atoms with Crippen LogP contribution in [0.1, 0.15) is 32.6 Å². The number of ether oxygens (including phenoxy) is 1. The van der Waals surface area contributed by atoms with Gasteiger partial charge in [0.2, 0.25) is 0 Å². The van der Waals surface area contributed by atoms with E-state index in [1.54, 1.807) is 0 Å². The Balaban J connectivity index is 1.73. The summed E-state index contributed by atoms with van der Waals surface area (Å²) in [6.45, 7) is 5.87. The second-order valence-corrected chi connectivity index (χ2v) is 5.59. The van der Waals surface area contributed by atoms with E-state index in [1.165, 1.54) is 38.8 Å². The maximum absolute atomic E-state index is 5.67. The van der Waals surface area contributed by atoms with Crippen molar-refractivity contribution in [3.05, 3.63) is 0 Å². The summed E-state index contributed by atoms with van der Waals surface area (Å²) >= 11 is 3.64. The first-order valence-corrected chi connectivity index (χ1v) is 7.35. The van der Waals surface area contributed by atoms with Gasteiger partial charge < -0.3 is 4.74 Å². The second-order valence-electron chi connectivity index (χ2n) is 4.95. The van der Waals surface area contributed by atoms with E-state index in [-0.39, 0.29) is 0 Å². The number of likely N-dealkylation sites (tertiary alicyclic amines) is 1. The largest absolute Gasteiger partial charge is 0.378 e. The van der Waals surface area contributed by atoms with E-state index in [1.807, 2.05) is 0 Å². The molecule has 0 spiro atoms. The third-order valence-corrected chi connectivity index (χ3v) is 4.58. The van der Waals surface area contributed by atoms with Crippen LogP contribution in [0.3, 0.4) is 0 Å². The highest BCUT2D eigenvalue weighted by Crippen LogP contribution is 2.26. The maximum Gasteiger partial charge on any atom is 0.0588 e. The highest BCUT2D eigenvalue weighted by molar-refractivity contribution is 9.09. The number of halogens is 1. The van der Waals surface area contributed by atoms with Crippen LogP contribution in [0.25, 0.3) is 0 Å². The molecule has 2 heterocycles. The summed E-state index contributed by atoms with van der Waals surface area (Å²) < 4.78 is 5.67. The van der Waals surface area contributed by atoms with Gasteiger partial charge >= 0.3 is 0 Å². The van der Waals surface area contributed by atoms with E-state index >= 15 is 0 Å². The van der Waals surface area contributed by atoms with Crippen LogP contribution in [0.5, 0.6) is 0 Å². The van der Waals surface area contributed by atoms with Crippen molar-refractivity contribution in [1.29, 1.82) is 0 Å². The molecule has 0 radical (unpaired) electrons. The fourth-order valence-corrected chi connectivity index (χ4v) is 3.84. The lowest BCUT2D eigenvalue weighted by atomic mass is 10.1. The first-order valence-electron chi connectivity index (χ1n) is 6.23. The first-order chi connectivity index (χ1) is 7.31. The Morgan fingerprint density at radius 2 is 2.27 bits per heavy atom. The summed E-state index contributed by atoms with van der Waals surface area (Å²) in [6.07, 6.45) is 5.69. The molecule has 0 aliphatic carbocycles. The van der Waals surface area contributed by atoms with Gasteiger partial charge in [-0.1, -0.05) is 22.9 Å². The number of rotatable bonds is 4. The molecule has 0 saturated carbocycles. The number of nitrogens with zero attached hydrogens (tertiary/aromatic N) is 1. The third kappa shape index (κ3) is 2.95. The minimum atomic E-state index is 0.553. The van der Waals surface area contributed by atoms with E-state index < -0.39 is 0 Å². The number of hydrogen-bond acceptors (Lipinski definition) is 2. The molecule has 88 valence electrons. The molecule has 0 aromatic rings. The molecule has 3 unspecified atom stereocenters. The molecule has 2 aliphatic rings. The van der Waals surface area contributed by atoms with Crippen molar-refractivity contribution in [2.45, 2.75) is 44.8 Å². The summed E-state index contributed by atoms with van der Waals surface area (Å²) in [5.74, 6) is 0.855. The SMILES string of the molecule is CC1CCN(CCC2CCCO2)C1CBr. The predicted molar refractivity (Wildman–Crippen MR) is 66.5 cm³/mol. The van der Waals surface area contributed by atoms with Crippen LogP contribution in [-0.4, -0.2) is 42.1 Å². The summed E-state index contributed by atoms with van der Waals surface area (Å²) in [7, 11) is 0. The molecule has 2 nitrogen and oxygen atoms in total. The molecule has 3 heteroatoms. The van der Waals surface area contributed by atoms with Gasteiger partial charge in [-0.2, -0.15) is 0 Å². The van der Waals surface area contributed by atoms with Crippen molar-refractivity contribution in [3.63, 3.8) is 0 Å². The molecular weight excluding hydrogens is 254 g/mol. The molecule has 0 bridgehead atoms. The second kappa shape index (κ2) is 5.65. The minimum absolute atomic E-state index is 0.553. The van der Waals surface area contributed by atoms with Crippen LogP contribution < -0.4 is 0 Å². The maximum atomic E-state index is 5.67. The average Bonchev–Trinajstić information content (AvgIpc) is 2.84. The average molecular weight is 276 g/mol. The topological polar surface area (TPSA) is 12.5 Å². The first kappa shape index (κ1) is 11.9. The van der Waals surface area contributed by atoms with E-state index in [0.29, 0.717) is 6.10 Å². The highest BCUT2D eigenvalue weighted by Gasteiger charge is 2.30. The Hall–Kier alpha value is 0.400. The van der Waals surface area contributed by atoms with Crippen molar-refractivity contribution in [2.24, 2.45) is 5.92 Å². The molecule has 2 saturated heterocycles. The number of hydrogen-bond donors (Lipinski definition) is 0. The fourth-order valence-electron chi connectivity index (χ4n) is 2.80. The summed E-state index contributed by atoms with van der Waals surface area (Å²) in [5, 5.41) is 1.12. The molecule has 0 aromatic heterocycles. The van der Waals surface area contributed by atoms with Crippen LogP contribution in [0.2, 0.25) is 0 Å². The summed E-state index contributed by atoms with van der Waals surface area (Å²) in [4.78, 5) is 2.64. The fraction of sp³-hybridized carbons (Fsp3) is 1.00. The van der Waals surface area contributed by atoms with Crippen LogP contribution in [0, 0.1) is 5.92 Å². The van der Waals surface area contributed by atoms with E-state index in [2.05, 4.69) is 27.8 Å². The third-order valence-electron chi connectivity index (χ3n) is 3.92. The normalized spacial score (nSPS) is 37.6. The van der Waals surface area contributed by atoms with Gasteiger partial charge in [-0.05, 0) is 38.1 Å². The standard InChI is InChI=1S/C12H22BrNO/c1-10-4-6-14(12(10)9-13)7-5-11-3-2-8-15-11/h10-12H,2-9H2,1H3. The Morgan fingerprint density at radius 1 is 1.40 bits per heavy atom. The van der Waals surface area contributed by atoms with Gasteiger partial charge in [0, 0.05) is 24.5 Å².